The van der Waals surface area contributed by atoms with Gasteiger partial charge in [0, 0.05) is 13.5 Å². The lowest BCUT2D eigenvalue weighted by molar-refractivity contribution is -0.329. The van der Waals surface area contributed by atoms with E-state index in [9.17, 15) is 0 Å². The summed E-state index contributed by atoms with van der Waals surface area (Å²) in [6.45, 7) is 1.85. The van der Waals surface area contributed by atoms with E-state index < -0.39 is 5.97 Å². The summed E-state index contributed by atoms with van der Waals surface area (Å²) in [6, 6.07) is 0. The van der Waals surface area contributed by atoms with Crippen molar-refractivity contribution in [1.82, 2.24) is 0 Å². The first kappa shape index (κ1) is 7.88. The molecule has 0 saturated carbocycles. The summed E-state index contributed by atoms with van der Waals surface area (Å²) in [4.78, 5) is 0. The van der Waals surface area contributed by atoms with Crippen LogP contribution in [0.5, 0.6) is 0 Å². The SMILES string of the molecule is CCCC(O)(O)OC. The highest BCUT2D eigenvalue weighted by Gasteiger charge is 2.19. The van der Waals surface area contributed by atoms with Crippen molar-refractivity contribution in [3.05, 3.63) is 0 Å². The van der Waals surface area contributed by atoms with Crippen molar-refractivity contribution in [2.24, 2.45) is 0 Å². The van der Waals surface area contributed by atoms with Gasteiger partial charge in [-0.05, 0) is 6.42 Å². The van der Waals surface area contributed by atoms with Crippen LogP contribution in [0.15, 0.2) is 0 Å². The Hall–Kier alpha value is -0.120. The summed E-state index contributed by atoms with van der Waals surface area (Å²) in [5.74, 6) is -1.91. The van der Waals surface area contributed by atoms with Crippen LogP contribution in [0.3, 0.4) is 0 Å². The minimum atomic E-state index is -1.91. The van der Waals surface area contributed by atoms with Crippen molar-refractivity contribution in [3.8, 4) is 0 Å². The maximum absolute atomic E-state index is 8.66. The van der Waals surface area contributed by atoms with Gasteiger partial charge in [0.2, 0.25) is 0 Å². The van der Waals surface area contributed by atoms with E-state index in [1.54, 1.807) is 0 Å². The van der Waals surface area contributed by atoms with Crippen LogP contribution in [0, 0.1) is 0 Å². The molecule has 0 atom stereocenters. The third kappa shape index (κ3) is 2.96. The second-order valence-electron chi connectivity index (χ2n) is 1.70. The molecule has 8 heavy (non-hydrogen) atoms. The molecule has 0 aliphatic rings. The molecule has 0 rings (SSSR count). The Morgan fingerprint density at radius 3 is 2.12 bits per heavy atom. The lowest BCUT2D eigenvalue weighted by Crippen LogP contribution is -2.29. The van der Waals surface area contributed by atoms with Gasteiger partial charge in [-0.3, -0.25) is 0 Å². The third-order valence-corrected chi connectivity index (χ3v) is 0.903. The summed E-state index contributed by atoms with van der Waals surface area (Å²) in [6.07, 6.45) is 0.949. The Bertz CT molecular complexity index is 60.7. The topological polar surface area (TPSA) is 49.7 Å². The Morgan fingerprint density at radius 2 is 2.00 bits per heavy atom. The monoisotopic (exact) mass is 120 g/mol. The highest BCUT2D eigenvalue weighted by atomic mass is 16.8. The fraction of sp³-hybridized carbons (Fsp3) is 1.00. The molecule has 0 heterocycles. The Balaban J connectivity index is 3.37. The number of methoxy groups -OCH3 is 1. The Morgan fingerprint density at radius 1 is 1.50 bits per heavy atom. The van der Waals surface area contributed by atoms with Crippen molar-refractivity contribution >= 4 is 0 Å². The number of rotatable bonds is 3. The number of ether oxygens (including phenoxy) is 1. The Kier molecular flexibility index (Phi) is 2.97. The summed E-state index contributed by atoms with van der Waals surface area (Å²) in [5.41, 5.74) is 0. The van der Waals surface area contributed by atoms with Crippen LogP contribution in [0.1, 0.15) is 19.8 Å². The van der Waals surface area contributed by atoms with Crippen LogP contribution >= 0.6 is 0 Å². The summed E-state index contributed by atoms with van der Waals surface area (Å²) in [7, 11) is 1.26. The van der Waals surface area contributed by atoms with Gasteiger partial charge in [-0.15, -0.1) is 0 Å². The predicted molar refractivity (Wildman–Crippen MR) is 29.1 cm³/mol. The molecule has 0 radical (unpaired) electrons. The first-order valence-corrected chi connectivity index (χ1v) is 2.62. The molecule has 50 valence electrons. The van der Waals surface area contributed by atoms with Crippen LogP contribution in [0.4, 0.5) is 0 Å². The molecule has 2 N–H and O–H groups in total. The Labute approximate surface area is 48.9 Å². The van der Waals surface area contributed by atoms with E-state index in [2.05, 4.69) is 4.74 Å². The molecule has 0 unspecified atom stereocenters. The average Bonchev–Trinajstić information content (AvgIpc) is 1.67. The zero-order chi connectivity index (χ0) is 6.62. The van der Waals surface area contributed by atoms with Gasteiger partial charge < -0.3 is 14.9 Å². The maximum Gasteiger partial charge on any atom is 0.277 e. The van der Waals surface area contributed by atoms with E-state index in [0.29, 0.717) is 6.42 Å². The van der Waals surface area contributed by atoms with Crippen LogP contribution in [0.25, 0.3) is 0 Å². The lowest BCUT2D eigenvalue weighted by atomic mass is 10.3. The maximum atomic E-state index is 8.66. The van der Waals surface area contributed by atoms with Crippen LogP contribution < -0.4 is 0 Å². The van der Waals surface area contributed by atoms with Gasteiger partial charge in [0.15, 0.2) is 0 Å². The van der Waals surface area contributed by atoms with E-state index in [1.165, 1.54) is 7.11 Å². The molecule has 0 aromatic carbocycles. The number of aliphatic hydroxyl groups is 2. The van der Waals surface area contributed by atoms with Crippen LogP contribution in [-0.2, 0) is 4.74 Å². The normalized spacial score (nSPS) is 12.0. The van der Waals surface area contributed by atoms with E-state index in [1.807, 2.05) is 6.92 Å². The number of hydrogen-bond acceptors (Lipinski definition) is 3. The van der Waals surface area contributed by atoms with Gasteiger partial charge in [0.1, 0.15) is 0 Å². The van der Waals surface area contributed by atoms with Gasteiger partial charge in [0.25, 0.3) is 5.97 Å². The molecule has 0 spiro atoms. The summed E-state index contributed by atoms with van der Waals surface area (Å²) in [5, 5.41) is 17.3. The molecule has 0 fully saturated rings. The minimum absolute atomic E-state index is 0.253. The van der Waals surface area contributed by atoms with E-state index in [0.717, 1.165) is 0 Å². The molecular weight excluding hydrogens is 108 g/mol. The van der Waals surface area contributed by atoms with E-state index in [-0.39, 0.29) is 6.42 Å². The molecule has 0 aromatic rings. The molecular formula is C5H12O3. The predicted octanol–water partition coefficient (Wildman–Crippen LogP) is 0.0713. The lowest BCUT2D eigenvalue weighted by Gasteiger charge is -2.17. The molecule has 0 aliphatic carbocycles. The van der Waals surface area contributed by atoms with Gasteiger partial charge in [-0.2, -0.15) is 0 Å². The minimum Gasteiger partial charge on any atom is -0.343 e. The zero-order valence-electron chi connectivity index (χ0n) is 5.22. The van der Waals surface area contributed by atoms with Crippen molar-refractivity contribution < 1.29 is 14.9 Å². The van der Waals surface area contributed by atoms with E-state index in [4.69, 9.17) is 10.2 Å². The van der Waals surface area contributed by atoms with Crippen molar-refractivity contribution in [2.45, 2.75) is 25.7 Å². The zero-order valence-corrected chi connectivity index (χ0v) is 5.22. The van der Waals surface area contributed by atoms with Gasteiger partial charge in [-0.25, -0.2) is 0 Å². The van der Waals surface area contributed by atoms with Gasteiger partial charge in [0.05, 0.1) is 0 Å². The van der Waals surface area contributed by atoms with Crippen LogP contribution in [0.2, 0.25) is 0 Å². The number of hydrogen-bond donors (Lipinski definition) is 2. The third-order valence-electron chi connectivity index (χ3n) is 0.903. The van der Waals surface area contributed by atoms with Gasteiger partial charge >= 0.3 is 0 Å². The first-order chi connectivity index (χ1) is 3.62. The summed E-state index contributed by atoms with van der Waals surface area (Å²) >= 11 is 0. The highest BCUT2D eigenvalue weighted by molar-refractivity contribution is 4.45. The van der Waals surface area contributed by atoms with Crippen molar-refractivity contribution in [1.29, 1.82) is 0 Å². The molecule has 0 amide bonds. The quantitative estimate of drug-likeness (QED) is 0.518. The van der Waals surface area contributed by atoms with E-state index >= 15 is 0 Å². The molecule has 0 bridgehead atoms. The van der Waals surface area contributed by atoms with Crippen molar-refractivity contribution in [3.63, 3.8) is 0 Å². The second kappa shape index (κ2) is 3.02. The standard InChI is InChI=1S/C5H12O3/c1-3-4-5(6,7)8-2/h6-7H,3-4H2,1-2H3. The van der Waals surface area contributed by atoms with Crippen LogP contribution in [-0.4, -0.2) is 23.3 Å². The fourth-order valence-corrected chi connectivity index (χ4v) is 0.428. The first-order valence-electron chi connectivity index (χ1n) is 2.62. The van der Waals surface area contributed by atoms with Gasteiger partial charge in [-0.1, -0.05) is 6.92 Å². The molecule has 3 nitrogen and oxygen atoms in total. The fourth-order valence-electron chi connectivity index (χ4n) is 0.428. The molecule has 0 saturated heterocycles. The highest BCUT2D eigenvalue weighted by Crippen LogP contribution is 2.07. The molecule has 0 aromatic heterocycles. The molecule has 3 heteroatoms. The van der Waals surface area contributed by atoms with Crippen molar-refractivity contribution in [2.75, 3.05) is 7.11 Å². The smallest absolute Gasteiger partial charge is 0.277 e. The average molecular weight is 120 g/mol. The second-order valence-corrected chi connectivity index (χ2v) is 1.70. The largest absolute Gasteiger partial charge is 0.343 e. The molecule has 0 aliphatic heterocycles. The summed E-state index contributed by atoms with van der Waals surface area (Å²) < 4.78 is 4.29.